The first-order valence-electron chi connectivity index (χ1n) is 5.84. The number of hydrogen-bond acceptors (Lipinski definition) is 6. The lowest BCUT2D eigenvalue weighted by Crippen LogP contribution is -2.07. The zero-order valence-corrected chi connectivity index (χ0v) is 10.8. The molecule has 2 aromatic rings. The molecule has 1 aromatic carbocycles. The largest absolute Gasteiger partial charge is 0.469 e. The van der Waals surface area contributed by atoms with Crippen LogP contribution in [-0.2, 0) is 16.0 Å². The summed E-state index contributed by atoms with van der Waals surface area (Å²) >= 11 is 0. The Hall–Kier alpha value is -2.88. The van der Waals surface area contributed by atoms with E-state index in [1.807, 2.05) is 0 Å². The number of carbonyl (C=O) groups is 1. The van der Waals surface area contributed by atoms with Crippen molar-refractivity contribution in [3.8, 4) is 11.4 Å². The Balaban J connectivity index is 2.11. The third-order valence-corrected chi connectivity index (χ3v) is 2.53. The van der Waals surface area contributed by atoms with E-state index in [0.717, 1.165) is 0 Å². The van der Waals surface area contributed by atoms with E-state index < -0.39 is 0 Å². The highest BCUT2D eigenvalue weighted by molar-refractivity contribution is 5.69. The molecule has 1 aromatic heterocycles. The predicted octanol–water partition coefficient (Wildman–Crippen LogP) is 1.59. The molecule has 2 rings (SSSR count). The van der Waals surface area contributed by atoms with Crippen LogP contribution in [0.25, 0.3) is 16.2 Å². The van der Waals surface area contributed by atoms with Crippen LogP contribution in [0.15, 0.2) is 24.3 Å². The Labute approximate surface area is 115 Å². The fraction of sp³-hybridized carbons (Fsp3) is 0.231. The molecular formula is C13H11N5O2. The number of ether oxygens (including phenoxy) is 1. The van der Waals surface area contributed by atoms with Crippen LogP contribution in [-0.4, -0.2) is 33.5 Å². The highest BCUT2D eigenvalue weighted by Crippen LogP contribution is 2.20. The molecule has 0 fully saturated rings. The molecule has 1 heterocycles. The van der Waals surface area contributed by atoms with Crippen LogP contribution in [0.5, 0.6) is 0 Å². The van der Waals surface area contributed by atoms with Crippen molar-refractivity contribution in [3.05, 3.63) is 41.5 Å². The maximum absolute atomic E-state index is 11.0. The highest BCUT2D eigenvalue weighted by Gasteiger charge is 2.07. The molecular weight excluding hydrogens is 258 g/mol. The average molecular weight is 269 g/mol. The summed E-state index contributed by atoms with van der Waals surface area (Å²) in [6.07, 6.45) is 0.515. The summed E-state index contributed by atoms with van der Waals surface area (Å²) in [6.45, 7) is 6.96. The number of carbonyl (C=O) groups excluding carboxylic acids is 1. The van der Waals surface area contributed by atoms with E-state index in [1.165, 1.54) is 7.11 Å². The molecule has 0 unspecified atom stereocenters. The number of hydrogen-bond donors (Lipinski definition) is 0. The number of esters is 1. The minimum absolute atomic E-state index is 0.187. The van der Waals surface area contributed by atoms with Gasteiger partial charge in [-0.1, -0.05) is 18.2 Å². The quantitative estimate of drug-likeness (QED) is 0.619. The fourth-order valence-corrected chi connectivity index (χ4v) is 1.50. The standard InChI is InChI=1S/C13H11N5O2/c1-14-10-5-3-4-9(8-10)13-17-15-11(16-18-13)6-7-12(19)20-2/h3-5,8H,6-7H2,2H3. The molecule has 0 N–H and O–H groups in total. The van der Waals surface area contributed by atoms with E-state index in [0.29, 0.717) is 29.3 Å². The molecule has 0 aliphatic heterocycles. The minimum atomic E-state index is -0.331. The van der Waals surface area contributed by atoms with Crippen molar-refractivity contribution in [3.63, 3.8) is 0 Å². The van der Waals surface area contributed by atoms with Crippen molar-refractivity contribution in [2.45, 2.75) is 12.8 Å². The fourth-order valence-electron chi connectivity index (χ4n) is 1.50. The molecule has 0 amide bonds. The second kappa shape index (κ2) is 6.33. The van der Waals surface area contributed by atoms with Crippen LogP contribution < -0.4 is 0 Å². The van der Waals surface area contributed by atoms with Gasteiger partial charge in [0.15, 0.2) is 11.5 Å². The minimum Gasteiger partial charge on any atom is -0.469 e. The molecule has 0 saturated heterocycles. The first-order valence-corrected chi connectivity index (χ1v) is 5.84. The second-order valence-corrected chi connectivity index (χ2v) is 3.88. The molecule has 0 aliphatic carbocycles. The summed E-state index contributed by atoms with van der Waals surface area (Å²) < 4.78 is 4.53. The molecule has 0 saturated carbocycles. The van der Waals surface area contributed by atoms with Gasteiger partial charge in [0.05, 0.1) is 20.1 Å². The van der Waals surface area contributed by atoms with Crippen molar-refractivity contribution in [2.75, 3.05) is 7.11 Å². The van der Waals surface area contributed by atoms with Crippen molar-refractivity contribution >= 4 is 11.7 Å². The summed E-state index contributed by atoms with van der Waals surface area (Å²) in [6, 6.07) is 6.89. The molecule has 0 aliphatic rings. The van der Waals surface area contributed by atoms with Gasteiger partial charge in [-0.25, -0.2) is 4.85 Å². The zero-order chi connectivity index (χ0) is 14.4. The molecule has 0 atom stereocenters. The van der Waals surface area contributed by atoms with Gasteiger partial charge >= 0.3 is 5.97 Å². The number of methoxy groups -OCH3 is 1. The molecule has 20 heavy (non-hydrogen) atoms. The van der Waals surface area contributed by atoms with Crippen LogP contribution in [0.1, 0.15) is 12.2 Å². The Kier molecular flexibility index (Phi) is 4.29. The van der Waals surface area contributed by atoms with Gasteiger partial charge in [-0.15, -0.1) is 20.4 Å². The molecule has 0 spiro atoms. The van der Waals surface area contributed by atoms with Gasteiger partial charge in [-0.3, -0.25) is 4.79 Å². The lowest BCUT2D eigenvalue weighted by molar-refractivity contribution is -0.140. The van der Waals surface area contributed by atoms with Gasteiger partial charge in [0.2, 0.25) is 5.82 Å². The van der Waals surface area contributed by atoms with Crippen molar-refractivity contribution in [1.29, 1.82) is 0 Å². The van der Waals surface area contributed by atoms with Gasteiger partial charge in [-0.2, -0.15) is 0 Å². The third kappa shape index (κ3) is 3.32. The molecule has 0 bridgehead atoms. The van der Waals surface area contributed by atoms with Crippen LogP contribution in [0.3, 0.4) is 0 Å². The van der Waals surface area contributed by atoms with Crippen LogP contribution in [0.2, 0.25) is 0 Å². The van der Waals surface area contributed by atoms with Crippen molar-refractivity contribution in [1.82, 2.24) is 20.4 Å². The zero-order valence-electron chi connectivity index (χ0n) is 10.8. The Morgan fingerprint density at radius 3 is 2.70 bits per heavy atom. The average Bonchev–Trinajstić information content (AvgIpc) is 2.53. The Bertz CT molecular complexity index is 649. The van der Waals surface area contributed by atoms with Gasteiger partial charge in [0.1, 0.15) is 0 Å². The number of rotatable bonds is 4. The molecule has 0 radical (unpaired) electrons. The maximum Gasteiger partial charge on any atom is 0.305 e. The van der Waals surface area contributed by atoms with E-state index in [2.05, 4.69) is 30.0 Å². The molecule has 7 heteroatoms. The number of benzene rings is 1. The summed E-state index contributed by atoms with van der Waals surface area (Å²) in [5.41, 5.74) is 1.18. The van der Waals surface area contributed by atoms with Gasteiger partial charge in [0.25, 0.3) is 0 Å². The lowest BCUT2D eigenvalue weighted by Gasteiger charge is -2.00. The summed E-state index contributed by atoms with van der Waals surface area (Å²) in [5, 5.41) is 15.7. The Morgan fingerprint density at radius 1 is 1.30 bits per heavy atom. The van der Waals surface area contributed by atoms with E-state index in [-0.39, 0.29) is 12.4 Å². The monoisotopic (exact) mass is 269 g/mol. The first-order chi connectivity index (χ1) is 9.72. The highest BCUT2D eigenvalue weighted by atomic mass is 16.5. The van der Waals surface area contributed by atoms with E-state index in [9.17, 15) is 4.79 Å². The van der Waals surface area contributed by atoms with E-state index >= 15 is 0 Å². The topological polar surface area (TPSA) is 82.2 Å². The number of nitrogens with zero attached hydrogens (tertiary/aromatic N) is 5. The van der Waals surface area contributed by atoms with Crippen molar-refractivity contribution < 1.29 is 9.53 Å². The van der Waals surface area contributed by atoms with Crippen molar-refractivity contribution in [2.24, 2.45) is 0 Å². The van der Waals surface area contributed by atoms with Gasteiger partial charge < -0.3 is 4.74 Å². The van der Waals surface area contributed by atoms with Gasteiger partial charge in [0, 0.05) is 12.0 Å². The first kappa shape index (κ1) is 13.5. The van der Waals surface area contributed by atoms with Crippen LogP contribution in [0.4, 0.5) is 5.69 Å². The normalized spacial score (nSPS) is 9.80. The lowest BCUT2D eigenvalue weighted by atomic mass is 10.2. The van der Waals surface area contributed by atoms with E-state index in [4.69, 9.17) is 6.57 Å². The summed E-state index contributed by atoms with van der Waals surface area (Å²) in [4.78, 5) is 14.3. The van der Waals surface area contributed by atoms with Crippen LogP contribution >= 0.6 is 0 Å². The Morgan fingerprint density at radius 2 is 2.05 bits per heavy atom. The maximum atomic E-state index is 11.0. The summed E-state index contributed by atoms with van der Waals surface area (Å²) in [5.74, 6) is 0.389. The predicted molar refractivity (Wildman–Crippen MR) is 69.7 cm³/mol. The smallest absolute Gasteiger partial charge is 0.305 e. The SMILES string of the molecule is [C-]#[N+]c1cccc(-c2nnc(CCC(=O)OC)nn2)c1. The van der Waals surface area contributed by atoms with Gasteiger partial charge in [-0.05, 0) is 6.07 Å². The third-order valence-electron chi connectivity index (χ3n) is 2.53. The number of aryl methyl sites for hydroxylation is 1. The molecule has 100 valence electrons. The second-order valence-electron chi connectivity index (χ2n) is 3.88. The van der Waals surface area contributed by atoms with Crippen LogP contribution in [0, 0.1) is 6.57 Å². The number of aromatic nitrogens is 4. The molecule has 7 nitrogen and oxygen atoms in total. The summed E-state index contributed by atoms with van der Waals surface area (Å²) in [7, 11) is 1.33. The van der Waals surface area contributed by atoms with E-state index in [1.54, 1.807) is 24.3 Å².